The van der Waals surface area contributed by atoms with Crippen molar-refractivity contribution in [3.8, 4) is 5.69 Å². The number of carbonyl (C=O) groups is 1. The van der Waals surface area contributed by atoms with Gasteiger partial charge in [-0.15, -0.1) is 10.2 Å². The van der Waals surface area contributed by atoms with Crippen LogP contribution in [0.25, 0.3) is 5.69 Å². The monoisotopic (exact) mass is 411 g/mol. The van der Waals surface area contributed by atoms with E-state index in [1.807, 2.05) is 37.5 Å². The summed E-state index contributed by atoms with van der Waals surface area (Å²) in [5.41, 5.74) is 4.00. The van der Waals surface area contributed by atoms with Gasteiger partial charge < -0.3 is 5.32 Å². The number of aryl methyl sites for hydroxylation is 3. The Labute approximate surface area is 172 Å². The van der Waals surface area contributed by atoms with Gasteiger partial charge in [-0.3, -0.25) is 19.5 Å². The number of thioether (sulfide) groups is 1. The molecule has 1 heterocycles. The fourth-order valence-electron chi connectivity index (χ4n) is 2.95. The van der Waals surface area contributed by atoms with Gasteiger partial charge in [-0.25, -0.2) is 0 Å². The number of nitrogens with one attached hydrogen (secondary N) is 1. The molecule has 9 heteroatoms. The standard InChI is InChI=1S/C20H21N5O3S/c1-12-8-9-13(2)18(10-12)24-15(4)22-23-20(24)29-11-19(26)21-16-6-5-7-17(14(16)3)25(27)28/h5-10H,11H2,1-4H3,(H,21,26). The Morgan fingerprint density at radius 1 is 1.17 bits per heavy atom. The topological polar surface area (TPSA) is 103 Å². The number of carbonyl (C=O) groups excluding carboxylic acids is 1. The van der Waals surface area contributed by atoms with Crippen molar-refractivity contribution in [1.82, 2.24) is 14.8 Å². The van der Waals surface area contributed by atoms with Crippen LogP contribution in [-0.2, 0) is 4.79 Å². The third-order valence-corrected chi connectivity index (χ3v) is 5.44. The lowest BCUT2D eigenvalue weighted by Gasteiger charge is -2.12. The number of anilines is 1. The van der Waals surface area contributed by atoms with Crippen LogP contribution in [0.3, 0.4) is 0 Å². The Hall–Kier alpha value is -3.20. The van der Waals surface area contributed by atoms with E-state index in [0.717, 1.165) is 22.6 Å². The lowest BCUT2D eigenvalue weighted by molar-refractivity contribution is -0.385. The Kier molecular flexibility index (Phi) is 5.97. The number of nitro benzene ring substituents is 1. The van der Waals surface area contributed by atoms with E-state index in [1.54, 1.807) is 19.1 Å². The zero-order valence-electron chi connectivity index (χ0n) is 16.6. The fraction of sp³-hybridized carbons (Fsp3) is 0.250. The molecule has 8 nitrogen and oxygen atoms in total. The minimum absolute atomic E-state index is 0.0271. The van der Waals surface area contributed by atoms with Crippen LogP contribution in [0.4, 0.5) is 11.4 Å². The van der Waals surface area contributed by atoms with Gasteiger partial charge in [0.05, 0.1) is 27.6 Å². The average Bonchev–Trinajstić information content (AvgIpc) is 3.04. The second-order valence-electron chi connectivity index (χ2n) is 6.70. The maximum atomic E-state index is 12.4. The Balaban J connectivity index is 1.76. The summed E-state index contributed by atoms with van der Waals surface area (Å²) >= 11 is 1.26. The summed E-state index contributed by atoms with van der Waals surface area (Å²) in [7, 11) is 0. The Morgan fingerprint density at radius 2 is 1.93 bits per heavy atom. The number of rotatable bonds is 6. The van der Waals surface area contributed by atoms with Gasteiger partial charge in [0.2, 0.25) is 5.91 Å². The molecule has 0 radical (unpaired) electrons. The number of aromatic nitrogens is 3. The molecule has 1 N–H and O–H groups in total. The molecule has 0 saturated heterocycles. The highest BCUT2D eigenvalue weighted by molar-refractivity contribution is 7.99. The summed E-state index contributed by atoms with van der Waals surface area (Å²) in [6, 6.07) is 10.7. The van der Waals surface area contributed by atoms with Gasteiger partial charge in [0.15, 0.2) is 5.16 Å². The number of hydrogen-bond donors (Lipinski definition) is 1. The first kappa shape index (κ1) is 20.5. The third-order valence-electron chi connectivity index (χ3n) is 4.51. The Morgan fingerprint density at radius 3 is 2.66 bits per heavy atom. The largest absolute Gasteiger partial charge is 0.325 e. The summed E-state index contributed by atoms with van der Waals surface area (Å²) < 4.78 is 1.93. The quantitative estimate of drug-likeness (QED) is 0.371. The molecule has 150 valence electrons. The molecule has 3 aromatic rings. The maximum Gasteiger partial charge on any atom is 0.274 e. The fourth-order valence-corrected chi connectivity index (χ4v) is 3.74. The highest BCUT2D eigenvalue weighted by Gasteiger charge is 2.17. The predicted octanol–water partition coefficient (Wildman–Crippen LogP) is 4.14. The van der Waals surface area contributed by atoms with Gasteiger partial charge in [0, 0.05) is 6.07 Å². The second kappa shape index (κ2) is 8.44. The lowest BCUT2D eigenvalue weighted by Crippen LogP contribution is -2.15. The molecule has 1 amide bonds. The highest BCUT2D eigenvalue weighted by atomic mass is 32.2. The highest BCUT2D eigenvalue weighted by Crippen LogP contribution is 2.27. The van der Waals surface area contributed by atoms with Crippen LogP contribution in [0.1, 0.15) is 22.5 Å². The Bertz CT molecular complexity index is 1090. The molecule has 0 spiro atoms. The number of nitrogens with zero attached hydrogens (tertiary/aromatic N) is 4. The van der Waals surface area contributed by atoms with E-state index in [-0.39, 0.29) is 17.3 Å². The molecule has 1 aromatic heterocycles. The first-order valence-corrected chi connectivity index (χ1v) is 9.92. The van der Waals surface area contributed by atoms with E-state index in [1.165, 1.54) is 17.8 Å². The van der Waals surface area contributed by atoms with Crippen LogP contribution < -0.4 is 5.32 Å². The average molecular weight is 411 g/mol. The van der Waals surface area contributed by atoms with Crippen molar-refractivity contribution in [1.29, 1.82) is 0 Å². The summed E-state index contributed by atoms with van der Waals surface area (Å²) in [6.07, 6.45) is 0. The van der Waals surface area contributed by atoms with Crippen molar-refractivity contribution < 1.29 is 9.72 Å². The summed E-state index contributed by atoms with van der Waals surface area (Å²) in [5, 5.41) is 22.8. The zero-order valence-corrected chi connectivity index (χ0v) is 17.4. The van der Waals surface area contributed by atoms with Crippen LogP contribution in [0.15, 0.2) is 41.6 Å². The third kappa shape index (κ3) is 4.45. The number of nitro groups is 1. The molecule has 0 saturated carbocycles. The molecule has 0 bridgehead atoms. The van der Waals surface area contributed by atoms with Gasteiger partial charge in [0.25, 0.3) is 5.69 Å². The van der Waals surface area contributed by atoms with E-state index in [2.05, 4.69) is 21.6 Å². The lowest BCUT2D eigenvalue weighted by atomic mass is 10.1. The molecular weight excluding hydrogens is 390 g/mol. The molecule has 0 atom stereocenters. The van der Waals surface area contributed by atoms with Crippen molar-refractivity contribution in [3.63, 3.8) is 0 Å². The smallest absolute Gasteiger partial charge is 0.274 e. The van der Waals surface area contributed by atoms with Gasteiger partial charge in [-0.1, -0.05) is 30.0 Å². The predicted molar refractivity (Wildman–Crippen MR) is 113 cm³/mol. The molecule has 0 aliphatic rings. The minimum Gasteiger partial charge on any atom is -0.325 e. The van der Waals surface area contributed by atoms with Crippen LogP contribution in [0.5, 0.6) is 0 Å². The first-order valence-electron chi connectivity index (χ1n) is 8.94. The second-order valence-corrected chi connectivity index (χ2v) is 7.64. The normalized spacial score (nSPS) is 10.8. The van der Waals surface area contributed by atoms with E-state index in [0.29, 0.717) is 16.4 Å². The van der Waals surface area contributed by atoms with Crippen molar-refractivity contribution in [2.24, 2.45) is 0 Å². The SMILES string of the molecule is Cc1ccc(C)c(-n2c(C)nnc2SCC(=O)Nc2cccc([N+](=O)[O-])c2C)c1. The summed E-state index contributed by atoms with van der Waals surface area (Å²) in [5.74, 6) is 0.563. The van der Waals surface area contributed by atoms with E-state index in [4.69, 9.17) is 0 Å². The van der Waals surface area contributed by atoms with Gasteiger partial charge in [0.1, 0.15) is 5.82 Å². The zero-order chi connectivity index (χ0) is 21.1. The maximum absolute atomic E-state index is 12.4. The van der Waals surface area contributed by atoms with Crippen LogP contribution >= 0.6 is 11.8 Å². The molecule has 29 heavy (non-hydrogen) atoms. The summed E-state index contributed by atoms with van der Waals surface area (Å²) in [4.78, 5) is 23.0. The van der Waals surface area contributed by atoms with E-state index in [9.17, 15) is 14.9 Å². The van der Waals surface area contributed by atoms with Gasteiger partial charge in [-0.2, -0.15) is 0 Å². The van der Waals surface area contributed by atoms with Crippen molar-refractivity contribution in [3.05, 3.63) is 69.0 Å². The number of amides is 1. The van der Waals surface area contributed by atoms with Gasteiger partial charge in [-0.05, 0) is 51.0 Å². The van der Waals surface area contributed by atoms with Crippen molar-refractivity contribution in [2.45, 2.75) is 32.9 Å². The molecular formula is C20H21N5O3S. The number of benzene rings is 2. The van der Waals surface area contributed by atoms with Crippen molar-refractivity contribution in [2.75, 3.05) is 11.1 Å². The minimum atomic E-state index is -0.463. The molecule has 0 aliphatic heterocycles. The van der Waals surface area contributed by atoms with Crippen LogP contribution in [0.2, 0.25) is 0 Å². The molecule has 0 fully saturated rings. The molecule has 0 unspecified atom stereocenters. The van der Waals surface area contributed by atoms with E-state index >= 15 is 0 Å². The molecule has 2 aromatic carbocycles. The molecule has 3 rings (SSSR count). The summed E-state index contributed by atoms with van der Waals surface area (Å²) in [6.45, 7) is 7.51. The van der Waals surface area contributed by atoms with Crippen LogP contribution in [0, 0.1) is 37.8 Å². The van der Waals surface area contributed by atoms with Crippen LogP contribution in [-0.4, -0.2) is 31.3 Å². The van der Waals surface area contributed by atoms with E-state index < -0.39 is 4.92 Å². The number of hydrogen-bond acceptors (Lipinski definition) is 6. The van der Waals surface area contributed by atoms with Crippen molar-refractivity contribution >= 4 is 29.0 Å². The first-order chi connectivity index (χ1) is 13.8. The van der Waals surface area contributed by atoms with Gasteiger partial charge >= 0.3 is 0 Å². The molecule has 0 aliphatic carbocycles.